The second-order valence-corrected chi connectivity index (χ2v) is 9.86. The van der Waals surface area contributed by atoms with Crippen molar-refractivity contribution in [1.29, 1.82) is 0 Å². The van der Waals surface area contributed by atoms with Crippen LogP contribution in [-0.4, -0.2) is 65.1 Å². The van der Waals surface area contributed by atoms with Gasteiger partial charge in [-0.3, -0.25) is 4.90 Å². The van der Waals surface area contributed by atoms with Crippen LogP contribution >= 0.6 is 0 Å². The van der Waals surface area contributed by atoms with Gasteiger partial charge in [0.15, 0.2) is 6.23 Å². The summed E-state index contributed by atoms with van der Waals surface area (Å²) in [5, 5.41) is 6.11. The predicted octanol–water partition coefficient (Wildman–Crippen LogP) is 5.07. The summed E-state index contributed by atoms with van der Waals surface area (Å²) in [5.74, 6) is 0. The van der Waals surface area contributed by atoms with Gasteiger partial charge in [-0.1, -0.05) is 18.2 Å². The van der Waals surface area contributed by atoms with E-state index >= 15 is 0 Å². The van der Waals surface area contributed by atoms with Crippen molar-refractivity contribution in [3.63, 3.8) is 0 Å². The standard InChI is InChI=1S/C25H38N4O3/c1-18(2)19-11-12-22-20(16-19)21(26-29(22)23-10-8-9-15-31-23)17-27(6)13-14-28(7)24(30)32-25(3,4)5/h11-12,16,23H,1,8-10,13-15,17H2,2-7H3. The molecule has 0 bridgehead atoms. The number of rotatable bonds is 7. The number of carbonyl (C=O) groups is 1. The van der Waals surface area contributed by atoms with Crippen LogP contribution in [0.3, 0.4) is 0 Å². The number of hydrogen-bond acceptors (Lipinski definition) is 5. The highest BCUT2D eigenvalue weighted by Gasteiger charge is 2.23. The Labute approximate surface area is 192 Å². The first-order valence-corrected chi connectivity index (χ1v) is 11.5. The highest BCUT2D eigenvalue weighted by Crippen LogP contribution is 2.30. The number of fused-ring (bicyclic) bond motifs is 1. The maximum absolute atomic E-state index is 12.2. The van der Waals surface area contributed by atoms with Crippen LogP contribution in [0.25, 0.3) is 16.5 Å². The van der Waals surface area contributed by atoms with E-state index in [4.69, 9.17) is 14.6 Å². The molecule has 0 spiro atoms. The number of likely N-dealkylation sites (N-methyl/N-ethyl adjacent to an activating group) is 2. The summed E-state index contributed by atoms with van der Waals surface area (Å²) in [5.41, 5.74) is 3.77. The molecule has 7 nitrogen and oxygen atoms in total. The Morgan fingerprint density at radius 2 is 2.03 bits per heavy atom. The Kier molecular flexibility index (Phi) is 7.62. The number of hydrogen-bond donors (Lipinski definition) is 0. The molecule has 1 fully saturated rings. The highest BCUT2D eigenvalue weighted by molar-refractivity contribution is 5.85. The number of benzene rings is 1. The van der Waals surface area contributed by atoms with Gasteiger partial charge < -0.3 is 14.4 Å². The molecule has 2 aromatic rings. The SMILES string of the molecule is C=C(C)c1ccc2c(c1)c(CN(C)CCN(C)C(=O)OC(C)(C)C)nn2C1CCCCO1. The van der Waals surface area contributed by atoms with E-state index in [9.17, 15) is 4.79 Å². The summed E-state index contributed by atoms with van der Waals surface area (Å²) in [7, 11) is 3.82. The van der Waals surface area contributed by atoms with Gasteiger partial charge in [-0.25, -0.2) is 9.48 Å². The Hall–Kier alpha value is -2.38. The maximum Gasteiger partial charge on any atom is 0.410 e. The van der Waals surface area contributed by atoms with Crippen molar-refractivity contribution >= 4 is 22.6 Å². The number of carbonyl (C=O) groups excluding carboxylic acids is 1. The average Bonchev–Trinajstić information content (AvgIpc) is 3.09. The fraction of sp³-hybridized carbons (Fsp3) is 0.600. The van der Waals surface area contributed by atoms with Crippen molar-refractivity contribution in [2.75, 3.05) is 33.8 Å². The van der Waals surface area contributed by atoms with Crippen LogP contribution < -0.4 is 0 Å². The lowest BCUT2D eigenvalue weighted by Crippen LogP contribution is -2.38. The smallest absolute Gasteiger partial charge is 0.410 e. The number of aromatic nitrogens is 2. The minimum absolute atomic E-state index is 0.0146. The van der Waals surface area contributed by atoms with Crippen LogP contribution in [0.5, 0.6) is 0 Å². The van der Waals surface area contributed by atoms with E-state index in [0.717, 1.165) is 53.6 Å². The summed E-state index contributed by atoms with van der Waals surface area (Å²) < 4.78 is 13.5. The molecule has 2 heterocycles. The summed E-state index contributed by atoms with van der Waals surface area (Å²) in [6.45, 7) is 14.5. The average molecular weight is 443 g/mol. The molecule has 0 aliphatic carbocycles. The Balaban J connectivity index is 1.75. The topological polar surface area (TPSA) is 59.8 Å². The molecule has 7 heteroatoms. The number of nitrogens with zero attached hydrogens (tertiary/aromatic N) is 4. The third-order valence-corrected chi connectivity index (χ3v) is 5.65. The van der Waals surface area contributed by atoms with Crippen LogP contribution in [0.2, 0.25) is 0 Å². The van der Waals surface area contributed by atoms with Gasteiger partial charge in [-0.15, -0.1) is 0 Å². The summed E-state index contributed by atoms with van der Waals surface area (Å²) >= 11 is 0. The first-order valence-electron chi connectivity index (χ1n) is 11.5. The third kappa shape index (κ3) is 6.11. The zero-order valence-corrected chi connectivity index (χ0v) is 20.5. The van der Waals surface area contributed by atoms with Crippen molar-refractivity contribution in [2.24, 2.45) is 0 Å². The summed E-state index contributed by atoms with van der Waals surface area (Å²) in [6.07, 6.45) is 2.92. The molecule has 1 aromatic carbocycles. The first-order chi connectivity index (χ1) is 15.0. The molecule has 1 aliphatic rings. The predicted molar refractivity (Wildman–Crippen MR) is 128 cm³/mol. The second kappa shape index (κ2) is 10.0. The fourth-order valence-corrected chi connectivity index (χ4v) is 3.81. The zero-order valence-electron chi connectivity index (χ0n) is 20.5. The minimum atomic E-state index is -0.495. The largest absolute Gasteiger partial charge is 0.444 e. The molecular weight excluding hydrogens is 404 g/mol. The molecule has 1 unspecified atom stereocenters. The van der Waals surface area contributed by atoms with E-state index in [0.29, 0.717) is 19.6 Å². The Morgan fingerprint density at radius 3 is 2.66 bits per heavy atom. The van der Waals surface area contributed by atoms with E-state index < -0.39 is 5.60 Å². The van der Waals surface area contributed by atoms with Crippen molar-refractivity contribution in [3.8, 4) is 0 Å². The third-order valence-electron chi connectivity index (χ3n) is 5.65. The lowest BCUT2D eigenvalue weighted by Gasteiger charge is -2.26. The summed E-state index contributed by atoms with van der Waals surface area (Å²) in [4.78, 5) is 16.0. The zero-order chi connectivity index (χ0) is 23.5. The maximum atomic E-state index is 12.2. The van der Waals surface area contributed by atoms with Crippen LogP contribution in [0, 0.1) is 0 Å². The van der Waals surface area contributed by atoms with Gasteiger partial charge in [0.05, 0.1) is 11.2 Å². The molecule has 1 atom stereocenters. The van der Waals surface area contributed by atoms with Crippen LogP contribution in [-0.2, 0) is 16.0 Å². The van der Waals surface area contributed by atoms with E-state index in [1.807, 2.05) is 39.4 Å². The molecular formula is C25H38N4O3. The molecule has 1 amide bonds. The molecule has 0 radical (unpaired) electrons. The van der Waals surface area contributed by atoms with Gasteiger partial charge in [-0.2, -0.15) is 5.10 Å². The molecule has 1 aliphatic heterocycles. The van der Waals surface area contributed by atoms with Crippen molar-refractivity contribution < 1.29 is 14.3 Å². The lowest BCUT2D eigenvalue weighted by molar-refractivity contribution is -0.0370. The minimum Gasteiger partial charge on any atom is -0.444 e. The number of amides is 1. The van der Waals surface area contributed by atoms with E-state index in [-0.39, 0.29) is 12.3 Å². The van der Waals surface area contributed by atoms with Crippen molar-refractivity contribution in [3.05, 3.63) is 36.0 Å². The number of ether oxygens (including phenoxy) is 2. The van der Waals surface area contributed by atoms with Crippen LogP contribution in [0.15, 0.2) is 24.8 Å². The molecule has 1 saturated heterocycles. The normalized spacial score (nSPS) is 17.0. The van der Waals surface area contributed by atoms with Crippen molar-refractivity contribution in [1.82, 2.24) is 19.6 Å². The summed E-state index contributed by atoms with van der Waals surface area (Å²) in [6, 6.07) is 6.42. The van der Waals surface area contributed by atoms with E-state index in [1.54, 1.807) is 11.9 Å². The Bertz CT molecular complexity index is 954. The molecule has 3 rings (SSSR count). The van der Waals surface area contributed by atoms with Gasteiger partial charge in [0, 0.05) is 38.7 Å². The van der Waals surface area contributed by atoms with Gasteiger partial charge in [-0.05, 0) is 71.7 Å². The Morgan fingerprint density at radius 1 is 1.28 bits per heavy atom. The quantitative estimate of drug-likeness (QED) is 0.599. The van der Waals surface area contributed by atoms with E-state index in [2.05, 4.69) is 29.7 Å². The van der Waals surface area contributed by atoms with Gasteiger partial charge in [0.2, 0.25) is 0 Å². The van der Waals surface area contributed by atoms with Gasteiger partial charge >= 0.3 is 6.09 Å². The fourth-order valence-electron chi connectivity index (χ4n) is 3.81. The molecule has 0 saturated carbocycles. The number of allylic oxidation sites excluding steroid dienone is 1. The van der Waals surface area contributed by atoms with Crippen LogP contribution in [0.4, 0.5) is 4.79 Å². The van der Waals surface area contributed by atoms with Crippen LogP contribution in [0.1, 0.15) is 64.4 Å². The van der Waals surface area contributed by atoms with Crippen molar-refractivity contribution in [2.45, 2.75) is 65.3 Å². The monoisotopic (exact) mass is 442 g/mol. The lowest BCUT2D eigenvalue weighted by atomic mass is 10.1. The van der Waals surface area contributed by atoms with E-state index in [1.165, 1.54) is 0 Å². The molecule has 0 N–H and O–H groups in total. The first kappa shape index (κ1) is 24.3. The molecule has 1 aromatic heterocycles. The highest BCUT2D eigenvalue weighted by atomic mass is 16.6. The molecule has 176 valence electrons. The molecule has 32 heavy (non-hydrogen) atoms. The second-order valence-electron chi connectivity index (χ2n) is 9.86. The van der Waals surface area contributed by atoms with Gasteiger partial charge in [0.25, 0.3) is 0 Å². The van der Waals surface area contributed by atoms with Gasteiger partial charge in [0.1, 0.15) is 5.60 Å².